The summed E-state index contributed by atoms with van der Waals surface area (Å²) < 4.78 is 13.5. The highest BCUT2D eigenvalue weighted by Gasteiger charge is 2.30. The Bertz CT molecular complexity index is 520. The molecule has 1 heterocycles. The number of amides is 1. The van der Waals surface area contributed by atoms with Gasteiger partial charge in [0.05, 0.1) is 11.1 Å². The lowest BCUT2D eigenvalue weighted by Gasteiger charge is -2.32. The summed E-state index contributed by atoms with van der Waals surface area (Å²) in [6.45, 7) is 5.34. The summed E-state index contributed by atoms with van der Waals surface area (Å²) in [5.41, 5.74) is 0.417. The van der Waals surface area contributed by atoms with Gasteiger partial charge >= 0.3 is 0 Å². The molecule has 3 nitrogen and oxygen atoms in total. The van der Waals surface area contributed by atoms with Gasteiger partial charge in [0.2, 0.25) is 5.91 Å². The average molecular weight is 319 g/mol. The van der Waals surface area contributed by atoms with Gasteiger partial charge in [-0.2, -0.15) is 0 Å². The van der Waals surface area contributed by atoms with Crippen LogP contribution in [0.1, 0.15) is 25.5 Å². The summed E-state index contributed by atoms with van der Waals surface area (Å²) in [5, 5.41) is 6.30. The second-order valence-electron chi connectivity index (χ2n) is 5.19. The molecule has 2 unspecified atom stereocenters. The minimum atomic E-state index is -0.539. The maximum absolute atomic E-state index is 13.5. The molecule has 110 valence electrons. The molecule has 6 heteroatoms. The number of carbonyl (C=O) groups is 1. The molecule has 2 rings (SSSR count). The first kappa shape index (κ1) is 15.5. The molecule has 0 aromatic heterocycles. The lowest BCUT2D eigenvalue weighted by Crippen LogP contribution is -2.49. The van der Waals surface area contributed by atoms with Crippen molar-refractivity contribution in [2.24, 2.45) is 11.8 Å². The highest BCUT2D eigenvalue weighted by molar-refractivity contribution is 6.36. The molecule has 20 heavy (non-hydrogen) atoms. The smallest absolute Gasteiger partial charge is 0.223 e. The Kier molecular flexibility index (Phi) is 4.89. The third-order valence-electron chi connectivity index (χ3n) is 3.80. The Balaban J connectivity index is 2.10. The molecule has 0 radical (unpaired) electrons. The van der Waals surface area contributed by atoms with Gasteiger partial charge in [-0.05, 0) is 38.1 Å². The lowest BCUT2D eigenvalue weighted by molar-refractivity contribution is -0.127. The molecule has 2 atom stereocenters. The predicted octanol–water partition coefficient (Wildman–Crippen LogP) is 3.17. The fourth-order valence-electron chi connectivity index (χ4n) is 2.24. The second kappa shape index (κ2) is 6.29. The van der Waals surface area contributed by atoms with Crippen LogP contribution in [0.15, 0.2) is 12.1 Å². The molecule has 0 spiro atoms. The molecule has 1 aliphatic heterocycles. The van der Waals surface area contributed by atoms with E-state index in [0.29, 0.717) is 16.5 Å². The second-order valence-corrected chi connectivity index (χ2v) is 5.98. The SMILES string of the molecule is CC(NC(=O)C(C)C1CNC1)c1c(Cl)ccc(F)c1Cl. The summed E-state index contributed by atoms with van der Waals surface area (Å²) in [7, 11) is 0. The summed E-state index contributed by atoms with van der Waals surface area (Å²) in [6, 6.07) is 2.22. The minimum absolute atomic E-state index is 0.0386. The summed E-state index contributed by atoms with van der Waals surface area (Å²) in [4.78, 5) is 12.1. The fourth-order valence-corrected chi connectivity index (χ4v) is 2.93. The van der Waals surface area contributed by atoms with Crippen LogP contribution in [0.5, 0.6) is 0 Å². The minimum Gasteiger partial charge on any atom is -0.349 e. The van der Waals surface area contributed by atoms with E-state index in [0.717, 1.165) is 13.1 Å². The van der Waals surface area contributed by atoms with Crippen molar-refractivity contribution < 1.29 is 9.18 Å². The zero-order valence-electron chi connectivity index (χ0n) is 11.3. The van der Waals surface area contributed by atoms with E-state index in [1.807, 2.05) is 6.92 Å². The number of hydrogen-bond acceptors (Lipinski definition) is 2. The van der Waals surface area contributed by atoms with E-state index in [1.165, 1.54) is 12.1 Å². The van der Waals surface area contributed by atoms with Crippen molar-refractivity contribution in [1.29, 1.82) is 0 Å². The van der Waals surface area contributed by atoms with Crippen LogP contribution >= 0.6 is 23.2 Å². The highest BCUT2D eigenvalue weighted by Crippen LogP contribution is 2.32. The van der Waals surface area contributed by atoms with E-state index in [-0.39, 0.29) is 16.8 Å². The molecular weight excluding hydrogens is 302 g/mol. The van der Waals surface area contributed by atoms with Gasteiger partial charge in [0.25, 0.3) is 0 Å². The Labute approximate surface area is 127 Å². The van der Waals surface area contributed by atoms with Gasteiger partial charge in [0.15, 0.2) is 0 Å². The van der Waals surface area contributed by atoms with Gasteiger partial charge in [-0.25, -0.2) is 4.39 Å². The molecule has 1 amide bonds. The van der Waals surface area contributed by atoms with Crippen molar-refractivity contribution >= 4 is 29.1 Å². The van der Waals surface area contributed by atoms with Crippen molar-refractivity contribution in [3.05, 3.63) is 33.6 Å². The number of hydrogen-bond donors (Lipinski definition) is 2. The van der Waals surface area contributed by atoms with Crippen LogP contribution in [0.3, 0.4) is 0 Å². The van der Waals surface area contributed by atoms with Crippen LogP contribution in [0.4, 0.5) is 4.39 Å². The predicted molar refractivity (Wildman–Crippen MR) is 78.5 cm³/mol. The van der Waals surface area contributed by atoms with Crippen molar-refractivity contribution in [3.8, 4) is 0 Å². The average Bonchev–Trinajstić information content (AvgIpc) is 2.32. The van der Waals surface area contributed by atoms with Gasteiger partial charge in [-0.1, -0.05) is 30.1 Å². The molecular formula is C14H17Cl2FN2O. The lowest BCUT2D eigenvalue weighted by atomic mass is 9.88. The van der Waals surface area contributed by atoms with Crippen molar-refractivity contribution in [2.45, 2.75) is 19.9 Å². The Hall–Kier alpha value is -0.840. The van der Waals surface area contributed by atoms with E-state index < -0.39 is 11.9 Å². The largest absolute Gasteiger partial charge is 0.349 e. The Morgan fingerprint density at radius 1 is 1.40 bits per heavy atom. The van der Waals surface area contributed by atoms with Crippen LogP contribution in [0, 0.1) is 17.7 Å². The normalized spacial score (nSPS) is 18.2. The van der Waals surface area contributed by atoms with Gasteiger partial charge in [0, 0.05) is 16.5 Å². The van der Waals surface area contributed by atoms with E-state index in [2.05, 4.69) is 10.6 Å². The molecule has 0 aliphatic carbocycles. The molecule has 2 N–H and O–H groups in total. The van der Waals surface area contributed by atoms with E-state index in [9.17, 15) is 9.18 Å². The topological polar surface area (TPSA) is 41.1 Å². The summed E-state index contributed by atoms with van der Waals surface area (Å²) in [5.74, 6) is -0.353. The number of carbonyl (C=O) groups excluding carboxylic acids is 1. The van der Waals surface area contributed by atoms with E-state index in [1.54, 1.807) is 6.92 Å². The van der Waals surface area contributed by atoms with Gasteiger partial charge in [-0.15, -0.1) is 0 Å². The number of benzene rings is 1. The van der Waals surface area contributed by atoms with E-state index >= 15 is 0 Å². The van der Waals surface area contributed by atoms with Crippen molar-refractivity contribution in [3.63, 3.8) is 0 Å². The quantitative estimate of drug-likeness (QED) is 0.837. The van der Waals surface area contributed by atoms with Gasteiger partial charge in [0.1, 0.15) is 5.82 Å². The highest BCUT2D eigenvalue weighted by atomic mass is 35.5. The first-order valence-electron chi connectivity index (χ1n) is 6.56. The zero-order valence-corrected chi connectivity index (χ0v) is 12.9. The Morgan fingerprint density at radius 3 is 2.60 bits per heavy atom. The molecule has 1 fully saturated rings. The molecule has 1 aromatic rings. The number of halogens is 3. The maximum Gasteiger partial charge on any atom is 0.223 e. The van der Waals surface area contributed by atoms with Crippen LogP contribution in [-0.2, 0) is 4.79 Å². The molecule has 1 aliphatic rings. The monoisotopic (exact) mass is 318 g/mol. The molecule has 0 bridgehead atoms. The van der Waals surface area contributed by atoms with Gasteiger partial charge in [-0.3, -0.25) is 4.79 Å². The summed E-state index contributed by atoms with van der Waals surface area (Å²) >= 11 is 12.0. The van der Waals surface area contributed by atoms with Crippen LogP contribution in [0.2, 0.25) is 10.0 Å². The van der Waals surface area contributed by atoms with E-state index in [4.69, 9.17) is 23.2 Å². The third kappa shape index (κ3) is 3.08. The van der Waals surface area contributed by atoms with Crippen molar-refractivity contribution in [1.82, 2.24) is 10.6 Å². The van der Waals surface area contributed by atoms with Crippen LogP contribution in [-0.4, -0.2) is 19.0 Å². The van der Waals surface area contributed by atoms with Gasteiger partial charge < -0.3 is 10.6 Å². The summed E-state index contributed by atoms with van der Waals surface area (Å²) in [6.07, 6.45) is 0. The molecule has 1 aromatic carbocycles. The van der Waals surface area contributed by atoms with Crippen molar-refractivity contribution in [2.75, 3.05) is 13.1 Å². The maximum atomic E-state index is 13.5. The first-order chi connectivity index (χ1) is 9.41. The third-order valence-corrected chi connectivity index (χ3v) is 4.52. The zero-order chi connectivity index (χ0) is 14.9. The first-order valence-corrected chi connectivity index (χ1v) is 7.32. The molecule has 1 saturated heterocycles. The van der Waals surface area contributed by atoms with Crippen LogP contribution < -0.4 is 10.6 Å². The van der Waals surface area contributed by atoms with Crippen LogP contribution in [0.25, 0.3) is 0 Å². The standard InChI is InChI=1S/C14H17Cl2FN2O/c1-7(9-5-18-6-9)14(20)19-8(2)12-10(15)3-4-11(17)13(12)16/h3-4,7-9,18H,5-6H2,1-2H3,(H,19,20). The number of rotatable bonds is 4. The Morgan fingerprint density at radius 2 is 2.05 bits per heavy atom. The molecule has 0 saturated carbocycles. The fraction of sp³-hybridized carbons (Fsp3) is 0.500. The number of nitrogens with one attached hydrogen (secondary N) is 2.